The molecule has 0 aliphatic rings. The summed E-state index contributed by atoms with van der Waals surface area (Å²) in [6.45, 7) is 3.69. The number of nitrogens with one attached hydrogen (secondary N) is 1. The van der Waals surface area contributed by atoms with Gasteiger partial charge < -0.3 is 20.5 Å². The lowest BCUT2D eigenvalue weighted by atomic mass is 10.2. The fourth-order valence-corrected chi connectivity index (χ4v) is 2.38. The van der Waals surface area contributed by atoms with Gasteiger partial charge in [-0.15, -0.1) is 0 Å². The molecule has 23 heavy (non-hydrogen) atoms. The van der Waals surface area contributed by atoms with E-state index in [0.29, 0.717) is 17.1 Å². The Morgan fingerprint density at radius 2 is 2.04 bits per heavy atom. The molecule has 0 aliphatic heterocycles. The maximum atomic E-state index is 14.3. The molecule has 0 aromatic heterocycles. The second-order valence-corrected chi connectivity index (χ2v) is 5.70. The highest BCUT2D eigenvalue weighted by Gasteiger charge is 2.19. The number of hydrogen-bond donors (Lipinski definition) is 2. The maximum absolute atomic E-state index is 14.3. The van der Waals surface area contributed by atoms with Crippen LogP contribution in [0.4, 0.5) is 25.8 Å². The number of hydrogen-bond acceptors (Lipinski definition) is 4. The maximum Gasteiger partial charge on any atom is 0.187 e. The van der Waals surface area contributed by atoms with E-state index in [4.69, 9.17) is 15.2 Å². The number of nitrogen functional groups attached to an aromatic ring is 1. The zero-order valence-electron chi connectivity index (χ0n) is 12.3. The minimum absolute atomic E-state index is 0.114. The van der Waals surface area contributed by atoms with Gasteiger partial charge in [0.05, 0.1) is 22.1 Å². The van der Waals surface area contributed by atoms with Crippen molar-refractivity contribution in [1.82, 2.24) is 0 Å². The van der Waals surface area contributed by atoms with E-state index in [1.807, 2.05) is 0 Å². The first-order chi connectivity index (χ1) is 11.0. The third kappa shape index (κ3) is 3.84. The second kappa shape index (κ2) is 7.49. The van der Waals surface area contributed by atoms with Gasteiger partial charge in [-0.05, 0) is 40.8 Å². The molecule has 0 fully saturated rings. The predicted molar refractivity (Wildman–Crippen MR) is 95.5 cm³/mol. The van der Waals surface area contributed by atoms with E-state index in [0.717, 1.165) is 0 Å². The first-order valence-corrected chi connectivity index (χ1v) is 7.67. The van der Waals surface area contributed by atoms with E-state index in [2.05, 4.69) is 11.9 Å². The number of nitrogens with two attached hydrogens (primary N) is 1. The van der Waals surface area contributed by atoms with Crippen molar-refractivity contribution in [2.24, 2.45) is 0 Å². The smallest absolute Gasteiger partial charge is 0.187 e. The zero-order valence-corrected chi connectivity index (χ0v) is 14.5. The molecule has 2 rings (SSSR count). The van der Waals surface area contributed by atoms with Crippen LogP contribution in [0.3, 0.4) is 0 Å². The van der Waals surface area contributed by atoms with Gasteiger partial charge in [-0.2, -0.15) is 0 Å². The van der Waals surface area contributed by atoms with Gasteiger partial charge in [0.2, 0.25) is 0 Å². The van der Waals surface area contributed by atoms with Gasteiger partial charge in [0, 0.05) is 6.07 Å². The second-order valence-electron chi connectivity index (χ2n) is 4.54. The standard InChI is InChI=1S/C16H15F2IN2O2/c1-3-6-23-13-8-10(19)14(17)15(18)16(13)21-12-7-9(22-2)4-5-11(12)20/h3-5,7-8,21H,1,6,20H2,2H3. The molecule has 0 heterocycles. The lowest BCUT2D eigenvalue weighted by Crippen LogP contribution is -2.05. The van der Waals surface area contributed by atoms with Crippen molar-refractivity contribution in [2.45, 2.75) is 0 Å². The first kappa shape index (κ1) is 17.3. The molecule has 0 atom stereocenters. The van der Waals surface area contributed by atoms with Crippen molar-refractivity contribution >= 4 is 39.7 Å². The molecule has 0 saturated carbocycles. The molecule has 0 saturated heterocycles. The molecule has 0 bridgehead atoms. The molecule has 0 unspecified atom stereocenters. The van der Waals surface area contributed by atoms with Crippen LogP contribution in [-0.4, -0.2) is 13.7 Å². The van der Waals surface area contributed by atoms with Crippen LogP contribution in [-0.2, 0) is 0 Å². The Kier molecular flexibility index (Phi) is 5.64. The van der Waals surface area contributed by atoms with Gasteiger partial charge >= 0.3 is 0 Å². The summed E-state index contributed by atoms with van der Waals surface area (Å²) in [7, 11) is 1.50. The van der Waals surface area contributed by atoms with Crippen LogP contribution in [0.15, 0.2) is 36.9 Å². The van der Waals surface area contributed by atoms with Gasteiger partial charge in [0.25, 0.3) is 0 Å². The molecular weight excluding hydrogens is 417 g/mol. The molecule has 4 nitrogen and oxygen atoms in total. The van der Waals surface area contributed by atoms with E-state index in [1.165, 1.54) is 19.3 Å². The third-order valence-electron chi connectivity index (χ3n) is 3.00. The number of rotatable bonds is 6. The average molecular weight is 432 g/mol. The topological polar surface area (TPSA) is 56.5 Å². The summed E-state index contributed by atoms with van der Waals surface area (Å²) in [5.41, 5.74) is 6.47. The van der Waals surface area contributed by atoms with Gasteiger partial charge in [0.15, 0.2) is 11.6 Å². The lowest BCUT2D eigenvalue weighted by Gasteiger charge is -2.16. The zero-order chi connectivity index (χ0) is 17.0. The van der Waals surface area contributed by atoms with Crippen molar-refractivity contribution < 1.29 is 18.3 Å². The average Bonchev–Trinajstić information content (AvgIpc) is 2.55. The summed E-state index contributed by atoms with van der Waals surface area (Å²) >= 11 is 1.70. The number of methoxy groups -OCH3 is 1. The number of ether oxygens (including phenoxy) is 2. The Hall–Kier alpha value is -2.03. The Labute approximate surface area is 146 Å². The quantitative estimate of drug-likeness (QED) is 0.306. The van der Waals surface area contributed by atoms with Crippen molar-refractivity contribution in [3.8, 4) is 11.5 Å². The molecule has 0 aliphatic carbocycles. The minimum atomic E-state index is -1.04. The Morgan fingerprint density at radius 1 is 1.30 bits per heavy atom. The van der Waals surface area contributed by atoms with Crippen LogP contribution >= 0.6 is 22.6 Å². The first-order valence-electron chi connectivity index (χ1n) is 6.59. The van der Waals surface area contributed by atoms with Crippen LogP contribution < -0.4 is 20.5 Å². The highest BCUT2D eigenvalue weighted by Crippen LogP contribution is 2.37. The van der Waals surface area contributed by atoms with Gasteiger partial charge in [-0.1, -0.05) is 12.7 Å². The highest BCUT2D eigenvalue weighted by molar-refractivity contribution is 14.1. The lowest BCUT2D eigenvalue weighted by molar-refractivity contribution is 0.360. The molecular formula is C16H15F2IN2O2. The van der Waals surface area contributed by atoms with E-state index in [1.54, 1.807) is 40.8 Å². The van der Waals surface area contributed by atoms with Crippen LogP contribution in [0.25, 0.3) is 0 Å². The molecule has 3 N–H and O–H groups in total. The van der Waals surface area contributed by atoms with E-state index < -0.39 is 11.6 Å². The summed E-state index contributed by atoms with van der Waals surface area (Å²) in [5, 5.41) is 2.78. The number of halogens is 3. The summed E-state index contributed by atoms with van der Waals surface area (Å²) in [6, 6.07) is 6.26. The molecule has 2 aromatic carbocycles. The van der Waals surface area contributed by atoms with Crippen LogP contribution in [0.5, 0.6) is 11.5 Å². The fourth-order valence-electron chi connectivity index (χ4n) is 1.86. The minimum Gasteiger partial charge on any atom is -0.497 e. The molecule has 0 amide bonds. The van der Waals surface area contributed by atoms with E-state index in [-0.39, 0.29) is 21.6 Å². The number of anilines is 3. The summed E-state index contributed by atoms with van der Waals surface area (Å²) in [5.74, 6) is -1.31. The van der Waals surface area contributed by atoms with Gasteiger partial charge in [-0.3, -0.25) is 0 Å². The largest absolute Gasteiger partial charge is 0.497 e. The molecule has 122 valence electrons. The number of benzene rings is 2. The van der Waals surface area contributed by atoms with Gasteiger partial charge in [-0.25, -0.2) is 8.78 Å². The van der Waals surface area contributed by atoms with Crippen LogP contribution in [0, 0.1) is 15.2 Å². The monoisotopic (exact) mass is 432 g/mol. The van der Waals surface area contributed by atoms with Crippen molar-refractivity contribution in [2.75, 3.05) is 24.8 Å². The Bertz CT molecular complexity index is 739. The predicted octanol–water partition coefficient (Wildman–Crippen LogP) is 4.47. The molecule has 0 radical (unpaired) electrons. The highest BCUT2D eigenvalue weighted by atomic mass is 127. The molecule has 2 aromatic rings. The fraction of sp³-hybridized carbons (Fsp3) is 0.125. The van der Waals surface area contributed by atoms with Crippen LogP contribution in [0.2, 0.25) is 0 Å². The summed E-state index contributed by atoms with van der Waals surface area (Å²) in [4.78, 5) is 0. The van der Waals surface area contributed by atoms with E-state index in [9.17, 15) is 8.78 Å². The van der Waals surface area contributed by atoms with Crippen LogP contribution in [0.1, 0.15) is 0 Å². The van der Waals surface area contributed by atoms with Gasteiger partial charge in [0.1, 0.15) is 23.8 Å². The summed E-state index contributed by atoms with van der Waals surface area (Å²) in [6.07, 6.45) is 1.51. The molecule has 7 heteroatoms. The Morgan fingerprint density at radius 3 is 2.70 bits per heavy atom. The van der Waals surface area contributed by atoms with E-state index >= 15 is 0 Å². The third-order valence-corrected chi connectivity index (χ3v) is 3.79. The van der Waals surface area contributed by atoms with Crippen molar-refractivity contribution in [1.29, 1.82) is 0 Å². The summed E-state index contributed by atoms with van der Waals surface area (Å²) < 4.78 is 38.8. The normalized spacial score (nSPS) is 10.3. The van der Waals surface area contributed by atoms with Crippen molar-refractivity contribution in [3.05, 3.63) is 52.1 Å². The van der Waals surface area contributed by atoms with Crippen molar-refractivity contribution in [3.63, 3.8) is 0 Å². The Balaban J connectivity index is 2.49. The molecule has 0 spiro atoms. The SMILES string of the molecule is C=CCOc1cc(I)c(F)c(F)c1Nc1cc(OC)ccc1N.